The Hall–Kier alpha value is -1.68. The summed E-state index contributed by atoms with van der Waals surface area (Å²) in [6, 6.07) is 9.09. The van der Waals surface area contributed by atoms with Gasteiger partial charge < -0.3 is 4.74 Å². The number of ether oxygens (including phenoxy) is 1. The Kier molecular flexibility index (Phi) is 3.83. The van der Waals surface area contributed by atoms with Crippen molar-refractivity contribution in [1.29, 1.82) is 0 Å². The topological polar surface area (TPSA) is 39.9 Å². The number of rotatable bonds is 3. The highest BCUT2D eigenvalue weighted by Gasteiger charge is 2.20. The van der Waals surface area contributed by atoms with E-state index in [-0.39, 0.29) is 0 Å². The van der Waals surface area contributed by atoms with Gasteiger partial charge in [0.15, 0.2) is 0 Å². The highest BCUT2D eigenvalue weighted by molar-refractivity contribution is 5.59. The fourth-order valence-electron chi connectivity index (χ4n) is 2.71. The van der Waals surface area contributed by atoms with Crippen LogP contribution in [0.3, 0.4) is 0 Å². The van der Waals surface area contributed by atoms with Crippen LogP contribution in [0.5, 0.6) is 0 Å². The van der Waals surface area contributed by atoms with Crippen LogP contribution in [0.2, 0.25) is 0 Å². The largest absolute Gasteiger partial charge is 0.381 e. The van der Waals surface area contributed by atoms with Crippen LogP contribution in [0, 0.1) is 0 Å². The molecular formula is C16H21N3O. The van der Waals surface area contributed by atoms with Gasteiger partial charge in [-0.2, -0.15) is 0 Å². The molecule has 1 aromatic heterocycles. The lowest BCUT2D eigenvalue weighted by atomic mass is 9.99. The van der Waals surface area contributed by atoms with Crippen LogP contribution in [-0.4, -0.2) is 28.2 Å². The van der Waals surface area contributed by atoms with Crippen molar-refractivity contribution >= 4 is 0 Å². The van der Waals surface area contributed by atoms with Gasteiger partial charge in [-0.05, 0) is 30.4 Å². The average Bonchev–Trinajstić information content (AvgIpc) is 2.98. The Labute approximate surface area is 119 Å². The second kappa shape index (κ2) is 5.75. The molecule has 1 saturated heterocycles. The normalized spacial score (nSPS) is 16.8. The molecule has 1 fully saturated rings. The van der Waals surface area contributed by atoms with Gasteiger partial charge in [-0.25, -0.2) is 4.68 Å². The lowest BCUT2D eigenvalue weighted by molar-refractivity contribution is 0.0662. The monoisotopic (exact) mass is 271 g/mol. The van der Waals surface area contributed by atoms with Crippen molar-refractivity contribution in [3.05, 3.63) is 36.0 Å². The number of hydrogen-bond acceptors (Lipinski definition) is 3. The molecule has 1 aromatic carbocycles. The fraction of sp³-hybridized carbons (Fsp3) is 0.500. The molecular weight excluding hydrogens is 250 g/mol. The van der Waals surface area contributed by atoms with Crippen molar-refractivity contribution < 1.29 is 4.74 Å². The quantitative estimate of drug-likeness (QED) is 0.858. The van der Waals surface area contributed by atoms with Crippen molar-refractivity contribution in [2.75, 3.05) is 13.2 Å². The standard InChI is InChI=1S/C16H21N3O/c1-12(2)13-4-3-5-14(10-13)16-11-17-18-19(16)15-6-8-20-9-7-15/h3-5,10-12,15H,6-9H2,1-2H3. The third-order valence-corrected chi connectivity index (χ3v) is 3.96. The molecule has 1 aliphatic heterocycles. The van der Waals surface area contributed by atoms with Gasteiger partial charge >= 0.3 is 0 Å². The van der Waals surface area contributed by atoms with E-state index in [0.717, 1.165) is 31.7 Å². The maximum absolute atomic E-state index is 5.43. The van der Waals surface area contributed by atoms with E-state index in [1.807, 2.05) is 6.20 Å². The summed E-state index contributed by atoms with van der Waals surface area (Å²) < 4.78 is 7.50. The molecule has 1 aliphatic rings. The molecule has 20 heavy (non-hydrogen) atoms. The highest BCUT2D eigenvalue weighted by Crippen LogP contribution is 2.28. The molecule has 2 aromatic rings. The van der Waals surface area contributed by atoms with Gasteiger partial charge in [-0.3, -0.25) is 0 Å². The number of nitrogens with zero attached hydrogens (tertiary/aromatic N) is 3. The number of benzene rings is 1. The Bertz CT molecular complexity index is 571. The zero-order chi connectivity index (χ0) is 13.9. The molecule has 0 spiro atoms. The second-order valence-corrected chi connectivity index (χ2v) is 5.69. The average molecular weight is 271 g/mol. The smallest absolute Gasteiger partial charge is 0.0888 e. The van der Waals surface area contributed by atoms with Crippen LogP contribution in [0.25, 0.3) is 11.3 Å². The Balaban J connectivity index is 1.94. The lowest BCUT2D eigenvalue weighted by Crippen LogP contribution is -2.21. The van der Waals surface area contributed by atoms with E-state index in [9.17, 15) is 0 Å². The SMILES string of the molecule is CC(C)c1cccc(-c2cnnn2C2CCOCC2)c1. The van der Waals surface area contributed by atoms with Crippen LogP contribution in [0.4, 0.5) is 0 Å². The van der Waals surface area contributed by atoms with Crippen molar-refractivity contribution in [2.24, 2.45) is 0 Å². The van der Waals surface area contributed by atoms with E-state index in [1.54, 1.807) is 0 Å². The molecule has 0 amide bonds. The Morgan fingerprint density at radius 3 is 2.80 bits per heavy atom. The van der Waals surface area contributed by atoms with Gasteiger partial charge in [-0.15, -0.1) is 5.10 Å². The van der Waals surface area contributed by atoms with Gasteiger partial charge in [0.1, 0.15) is 0 Å². The summed E-state index contributed by atoms with van der Waals surface area (Å²) in [6.45, 7) is 6.06. The minimum absolute atomic E-state index is 0.406. The molecule has 0 radical (unpaired) electrons. The molecule has 0 unspecified atom stereocenters. The summed E-state index contributed by atoms with van der Waals surface area (Å²) in [5.41, 5.74) is 3.66. The zero-order valence-electron chi connectivity index (χ0n) is 12.1. The molecule has 0 atom stereocenters. The maximum Gasteiger partial charge on any atom is 0.0888 e. The van der Waals surface area contributed by atoms with Crippen molar-refractivity contribution in [3.8, 4) is 11.3 Å². The molecule has 4 nitrogen and oxygen atoms in total. The minimum atomic E-state index is 0.406. The van der Waals surface area contributed by atoms with E-state index in [1.165, 1.54) is 11.1 Å². The summed E-state index contributed by atoms with van der Waals surface area (Å²) in [5, 5.41) is 8.42. The second-order valence-electron chi connectivity index (χ2n) is 5.69. The van der Waals surface area contributed by atoms with Gasteiger partial charge in [0.2, 0.25) is 0 Å². The third kappa shape index (κ3) is 2.61. The Morgan fingerprint density at radius 2 is 2.05 bits per heavy atom. The van der Waals surface area contributed by atoms with Gasteiger partial charge in [0, 0.05) is 18.8 Å². The molecule has 106 valence electrons. The first-order valence-electron chi connectivity index (χ1n) is 7.34. The van der Waals surface area contributed by atoms with E-state index < -0.39 is 0 Å². The fourth-order valence-corrected chi connectivity index (χ4v) is 2.71. The summed E-state index contributed by atoms with van der Waals surface area (Å²) in [7, 11) is 0. The van der Waals surface area contributed by atoms with E-state index in [2.05, 4.69) is 53.1 Å². The number of hydrogen-bond donors (Lipinski definition) is 0. The Morgan fingerprint density at radius 1 is 1.25 bits per heavy atom. The lowest BCUT2D eigenvalue weighted by Gasteiger charge is -2.23. The van der Waals surface area contributed by atoms with E-state index in [4.69, 9.17) is 4.74 Å². The van der Waals surface area contributed by atoms with Crippen LogP contribution >= 0.6 is 0 Å². The van der Waals surface area contributed by atoms with E-state index in [0.29, 0.717) is 12.0 Å². The third-order valence-electron chi connectivity index (χ3n) is 3.96. The molecule has 4 heteroatoms. The van der Waals surface area contributed by atoms with Crippen molar-refractivity contribution in [2.45, 2.75) is 38.6 Å². The predicted octanol–water partition coefficient (Wildman–Crippen LogP) is 3.42. The first-order valence-corrected chi connectivity index (χ1v) is 7.34. The summed E-state index contributed by atoms with van der Waals surface area (Å²) >= 11 is 0. The summed E-state index contributed by atoms with van der Waals surface area (Å²) in [6.07, 6.45) is 3.90. The summed E-state index contributed by atoms with van der Waals surface area (Å²) in [4.78, 5) is 0. The maximum atomic E-state index is 5.43. The van der Waals surface area contributed by atoms with Gasteiger partial charge in [0.25, 0.3) is 0 Å². The van der Waals surface area contributed by atoms with E-state index >= 15 is 0 Å². The molecule has 2 heterocycles. The summed E-state index contributed by atoms with van der Waals surface area (Å²) in [5.74, 6) is 0.530. The van der Waals surface area contributed by atoms with Gasteiger partial charge in [0.05, 0.1) is 17.9 Å². The molecule has 0 N–H and O–H groups in total. The molecule has 0 aliphatic carbocycles. The van der Waals surface area contributed by atoms with Crippen molar-refractivity contribution in [1.82, 2.24) is 15.0 Å². The van der Waals surface area contributed by atoms with Crippen LogP contribution in [0.15, 0.2) is 30.5 Å². The molecule has 0 bridgehead atoms. The van der Waals surface area contributed by atoms with Crippen molar-refractivity contribution in [3.63, 3.8) is 0 Å². The molecule has 3 rings (SSSR count). The number of aromatic nitrogens is 3. The van der Waals surface area contributed by atoms with Gasteiger partial charge in [-0.1, -0.05) is 37.3 Å². The zero-order valence-corrected chi connectivity index (χ0v) is 12.1. The van der Waals surface area contributed by atoms with Crippen LogP contribution in [0.1, 0.15) is 44.2 Å². The van der Waals surface area contributed by atoms with Crippen LogP contribution in [-0.2, 0) is 4.74 Å². The minimum Gasteiger partial charge on any atom is -0.381 e. The first kappa shape index (κ1) is 13.3. The van der Waals surface area contributed by atoms with Crippen LogP contribution < -0.4 is 0 Å². The predicted molar refractivity (Wildman–Crippen MR) is 78.6 cm³/mol. The highest BCUT2D eigenvalue weighted by atomic mass is 16.5. The first-order chi connectivity index (χ1) is 9.75. The molecule has 0 saturated carbocycles.